The number of aromatic carboxylic acids is 1. The normalized spacial score (nSPS) is 11.5. The van der Waals surface area contributed by atoms with Crippen molar-refractivity contribution in [2.24, 2.45) is 0 Å². The molecular weight excluding hydrogens is 231 g/mol. The summed E-state index contributed by atoms with van der Waals surface area (Å²) in [7, 11) is 0. The lowest BCUT2D eigenvalue weighted by atomic mass is 10.1. The van der Waals surface area contributed by atoms with Gasteiger partial charge in [-0.05, 0) is 12.1 Å². The van der Waals surface area contributed by atoms with Crippen molar-refractivity contribution in [3.05, 3.63) is 23.3 Å². The Morgan fingerprint density at radius 1 is 1.40 bits per heavy atom. The monoisotopic (exact) mass is 237 g/mol. The molecular formula is C8H6F3NO2S. The van der Waals surface area contributed by atoms with Crippen LogP contribution in [0.15, 0.2) is 17.0 Å². The number of nitrogens with two attached hydrogens (primary N) is 1. The molecule has 3 N–H and O–H groups in total. The van der Waals surface area contributed by atoms with Gasteiger partial charge in [0.15, 0.2) is 0 Å². The maximum Gasteiger partial charge on any atom is 0.417 e. The molecule has 0 aliphatic rings. The van der Waals surface area contributed by atoms with E-state index in [1.54, 1.807) is 0 Å². The van der Waals surface area contributed by atoms with E-state index in [-0.39, 0.29) is 0 Å². The van der Waals surface area contributed by atoms with E-state index in [0.717, 1.165) is 6.07 Å². The standard InChI is InChI=1S/C8H6F3NO2S/c9-8(10,11)4-2-1-3(7(13)14)5(12)6(4)15/h1-2,15H,12H2,(H,13,14). The molecule has 0 amide bonds. The summed E-state index contributed by atoms with van der Waals surface area (Å²) in [6.45, 7) is 0. The molecule has 0 unspecified atom stereocenters. The van der Waals surface area contributed by atoms with Crippen molar-refractivity contribution < 1.29 is 23.1 Å². The smallest absolute Gasteiger partial charge is 0.417 e. The van der Waals surface area contributed by atoms with Crippen molar-refractivity contribution in [3.63, 3.8) is 0 Å². The first-order chi connectivity index (χ1) is 6.75. The van der Waals surface area contributed by atoms with E-state index in [9.17, 15) is 18.0 Å². The van der Waals surface area contributed by atoms with Gasteiger partial charge in [-0.2, -0.15) is 13.2 Å². The van der Waals surface area contributed by atoms with Gasteiger partial charge < -0.3 is 10.8 Å². The van der Waals surface area contributed by atoms with Crippen molar-refractivity contribution in [3.8, 4) is 0 Å². The number of hydrogen-bond acceptors (Lipinski definition) is 3. The predicted molar refractivity (Wildman–Crippen MR) is 50.1 cm³/mol. The van der Waals surface area contributed by atoms with Gasteiger partial charge in [0, 0.05) is 4.90 Å². The molecule has 7 heteroatoms. The van der Waals surface area contributed by atoms with E-state index in [0.29, 0.717) is 6.07 Å². The highest BCUT2D eigenvalue weighted by Crippen LogP contribution is 2.37. The van der Waals surface area contributed by atoms with Gasteiger partial charge in [0.1, 0.15) is 0 Å². The van der Waals surface area contributed by atoms with Gasteiger partial charge in [-0.15, -0.1) is 12.6 Å². The van der Waals surface area contributed by atoms with Crippen LogP contribution in [0, 0.1) is 0 Å². The minimum atomic E-state index is -4.60. The summed E-state index contributed by atoms with van der Waals surface area (Å²) in [5, 5.41) is 8.59. The average Bonchev–Trinajstić information content (AvgIpc) is 2.06. The van der Waals surface area contributed by atoms with Crippen LogP contribution in [-0.2, 0) is 6.18 Å². The molecule has 0 saturated heterocycles. The van der Waals surface area contributed by atoms with Crippen molar-refractivity contribution in [2.45, 2.75) is 11.1 Å². The molecule has 0 atom stereocenters. The predicted octanol–water partition coefficient (Wildman–Crippen LogP) is 2.27. The van der Waals surface area contributed by atoms with Crippen LogP contribution in [0.1, 0.15) is 15.9 Å². The molecule has 0 fully saturated rings. The fourth-order valence-corrected chi connectivity index (χ4v) is 1.35. The Balaban J connectivity index is 3.41. The summed E-state index contributed by atoms with van der Waals surface area (Å²) in [4.78, 5) is 9.97. The molecule has 0 spiro atoms. The number of anilines is 1. The number of halogens is 3. The molecule has 82 valence electrons. The third kappa shape index (κ3) is 2.17. The molecule has 0 saturated carbocycles. The topological polar surface area (TPSA) is 63.3 Å². The number of rotatable bonds is 1. The number of nitrogen functional groups attached to an aromatic ring is 1. The molecule has 15 heavy (non-hydrogen) atoms. The Labute approximate surface area is 88.1 Å². The summed E-state index contributed by atoms with van der Waals surface area (Å²) in [6.07, 6.45) is -4.60. The molecule has 1 rings (SSSR count). The summed E-state index contributed by atoms with van der Waals surface area (Å²) < 4.78 is 36.9. The van der Waals surface area contributed by atoms with Crippen LogP contribution in [0.3, 0.4) is 0 Å². The van der Waals surface area contributed by atoms with Crippen molar-refractivity contribution >= 4 is 24.3 Å². The van der Waals surface area contributed by atoms with Crippen LogP contribution in [0.25, 0.3) is 0 Å². The molecule has 1 aromatic carbocycles. The fraction of sp³-hybridized carbons (Fsp3) is 0.125. The molecule has 1 aromatic rings. The maximum absolute atomic E-state index is 12.3. The van der Waals surface area contributed by atoms with E-state index in [4.69, 9.17) is 10.8 Å². The Bertz CT molecular complexity index is 417. The molecule has 0 aliphatic carbocycles. The van der Waals surface area contributed by atoms with Crippen LogP contribution in [0.5, 0.6) is 0 Å². The van der Waals surface area contributed by atoms with Crippen molar-refractivity contribution in [1.82, 2.24) is 0 Å². The van der Waals surface area contributed by atoms with Gasteiger partial charge in [0.25, 0.3) is 0 Å². The number of carbonyl (C=O) groups is 1. The first-order valence-electron chi connectivity index (χ1n) is 3.67. The third-order valence-electron chi connectivity index (χ3n) is 1.75. The van der Waals surface area contributed by atoms with Crippen LogP contribution in [-0.4, -0.2) is 11.1 Å². The van der Waals surface area contributed by atoms with E-state index >= 15 is 0 Å². The number of hydrogen-bond donors (Lipinski definition) is 3. The Morgan fingerprint density at radius 2 is 1.93 bits per heavy atom. The second-order valence-corrected chi connectivity index (χ2v) is 3.17. The summed E-state index contributed by atoms with van der Waals surface area (Å²) in [6, 6.07) is 1.45. The number of carboxylic acid groups (broad SMARTS) is 1. The first kappa shape index (κ1) is 11.7. The van der Waals surface area contributed by atoms with Crippen molar-refractivity contribution in [1.29, 1.82) is 0 Å². The number of carboxylic acids is 1. The highest BCUT2D eigenvalue weighted by atomic mass is 32.1. The quantitative estimate of drug-likeness (QED) is 0.518. The third-order valence-corrected chi connectivity index (χ3v) is 2.23. The maximum atomic E-state index is 12.3. The lowest BCUT2D eigenvalue weighted by molar-refractivity contribution is -0.139. The Kier molecular flexibility index (Phi) is 2.85. The lowest BCUT2D eigenvalue weighted by Crippen LogP contribution is -2.11. The van der Waals surface area contributed by atoms with Gasteiger partial charge in [0.2, 0.25) is 0 Å². The molecule has 0 aliphatic heterocycles. The number of alkyl halides is 3. The molecule has 0 bridgehead atoms. The average molecular weight is 237 g/mol. The second kappa shape index (κ2) is 3.65. The highest BCUT2D eigenvalue weighted by molar-refractivity contribution is 7.80. The van der Waals surface area contributed by atoms with Crippen LogP contribution in [0.4, 0.5) is 18.9 Å². The summed E-state index contributed by atoms with van der Waals surface area (Å²) >= 11 is 3.56. The Hall–Kier alpha value is -1.37. The largest absolute Gasteiger partial charge is 0.478 e. The molecule has 0 heterocycles. The SMILES string of the molecule is Nc1c(C(=O)O)ccc(C(F)(F)F)c1S. The minimum Gasteiger partial charge on any atom is -0.478 e. The zero-order valence-electron chi connectivity index (χ0n) is 7.17. The van der Waals surface area contributed by atoms with Gasteiger partial charge in [-0.1, -0.05) is 0 Å². The molecule has 0 aromatic heterocycles. The van der Waals surface area contributed by atoms with E-state index in [2.05, 4.69) is 12.6 Å². The zero-order valence-corrected chi connectivity index (χ0v) is 8.06. The fourth-order valence-electron chi connectivity index (χ4n) is 1.02. The summed E-state index contributed by atoms with van der Waals surface area (Å²) in [5.74, 6) is -1.39. The van der Waals surface area contributed by atoms with E-state index < -0.39 is 33.9 Å². The zero-order chi connectivity index (χ0) is 11.8. The van der Waals surface area contributed by atoms with E-state index in [1.807, 2.05) is 0 Å². The minimum absolute atomic E-state index is 0.395. The highest BCUT2D eigenvalue weighted by Gasteiger charge is 2.34. The van der Waals surface area contributed by atoms with Gasteiger partial charge in [-0.3, -0.25) is 0 Å². The van der Waals surface area contributed by atoms with Gasteiger partial charge in [-0.25, -0.2) is 4.79 Å². The number of benzene rings is 1. The van der Waals surface area contributed by atoms with Crippen molar-refractivity contribution in [2.75, 3.05) is 5.73 Å². The Morgan fingerprint density at radius 3 is 2.33 bits per heavy atom. The number of thiol groups is 1. The van der Waals surface area contributed by atoms with Crippen LogP contribution in [0.2, 0.25) is 0 Å². The van der Waals surface area contributed by atoms with Crippen LogP contribution >= 0.6 is 12.6 Å². The van der Waals surface area contributed by atoms with E-state index in [1.165, 1.54) is 0 Å². The van der Waals surface area contributed by atoms with Gasteiger partial charge >= 0.3 is 12.1 Å². The molecule has 0 radical (unpaired) electrons. The van der Waals surface area contributed by atoms with Gasteiger partial charge in [0.05, 0.1) is 16.8 Å². The second-order valence-electron chi connectivity index (χ2n) is 2.73. The molecule has 3 nitrogen and oxygen atoms in total. The van der Waals surface area contributed by atoms with Crippen LogP contribution < -0.4 is 5.73 Å². The lowest BCUT2D eigenvalue weighted by Gasteiger charge is -2.12. The first-order valence-corrected chi connectivity index (χ1v) is 4.11. The summed E-state index contributed by atoms with van der Waals surface area (Å²) in [5.41, 5.74) is 3.30.